The van der Waals surface area contributed by atoms with E-state index in [1.165, 1.54) is 0 Å². The van der Waals surface area contributed by atoms with Crippen LogP contribution in [0.4, 0.5) is 0 Å². The van der Waals surface area contributed by atoms with Gasteiger partial charge >= 0.3 is 0 Å². The maximum atomic E-state index is 12.1. The second kappa shape index (κ2) is 7.01. The number of ketones is 1. The molecular formula is C17H17ClO2S. The van der Waals surface area contributed by atoms with Crippen LogP contribution in [0.5, 0.6) is 0 Å². The third kappa shape index (κ3) is 4.51. The maximum absolute atomic E-state index is 12.1. The van der Waals surface area contributed by atoms with E-state index < -0.39 is 10.8 Å². The second-order valence-corrected chi connectivity index (χ2v) is 6.97. The van der Waals surface area contributed by atoms with E-state index in [9.17, 15) is 9.00 Å². The third-order valence-electron chi connectivity index (χ3n) is 3.36. The number of hydrogen-bond donors (Lipinski definition) is 0. The van der Waals surface area contributed by atoms with Crippen LogP contribution in [-0.4, -0.2) is 15.7 Å². The van der Waals surface area contributed by atoms with Crippen molar-refractivity contribution < 1.29 is 9.00 Å². The summed E-state index contributed by atoms with van der Waals surface area (Å²) in [4.78, 5) is 12.1. The van der Waals surface area contributed by atoms with Crippen LogP contribution in [0.3, 0.4) is 0 Å². The summed E-state index contributed by atoms with van der Waals surface area (Å²) in [6, 6.07) is 12.8. The number of rotatable bonds is 5. The Kier molecular flexibility index (Phi) is 5.32. The minimum absolute atomic E-state index is 0.0468. The summed E-state index contributed by atoms with van der Waals surface area (Å²) in [6.07, 6.45) is 0. The maximum Gasteiger partial charge on any atom is 0.175 e. The molecule has 2 rings (SSSR count). The van der Waals surface area contributed by atoms with Crippen molar-refractivity contribution in [2.24, 2.45) is 0 Å². The van der Waals surface area contributed by atoms with Crippen molar-refractivity contribution in [3.63, 3.8) is 0 Å². The molecule has 0 aliphatic heterocycles. The smallest absolute Gasteiger partial charge is 0.175 e. The zero-order valence-corrected chi connectivity index (χ0v) is 13.6. The minimum Gasteiger partial charge on any atom is -0.293 e. The molecule has 0 aromatic heterocycles. The van der Waals surface area contributed by atoms with Gasteiger partial charge in [0.15, 0.2) is 5.78 Å². The normalized spacial score (nSPS) is 12.1. The van der Waals surface area contributed by atoms with Gasteiger partial charge in [-0.05, 0) is 48.7 Å². The number of halogens is 1. The standard InChI is InChI=1S/C17H17ClO2S/c1-12-3-6-15(9-13(12)2)17(19)11-21(20)10-14-4-7-16(18)8-5-14/h3-9H,10-11H2,1-2H3. The molecule has 0 saturated heterocycles. The number of aryl methyl sites for hydroxylation is 2. The Balaban J connectivity index is 2.00. The molecule has 0 saturated carbocycles. The fraction of sp³-hybridized carbons (Fsp3) is 0.235. The Morgan fingerprint density at radius 1 is 1.05 bits per heavy atom. The Hall–Kier alpha value is -1.45. The van der Waals surface area contributed by atoms with Crippen LogP contribution in [0, 0.1) is 13.8 Å². The van der Waals surface area contributed by atoms with Crippen LogP contribution in [-0.2, 0) is 16.6 Å². The highest BCUT2D eigenvalue weighted by molar-refractivity contribution is 7.85. The Labute approximate surface area is 132 Å². The Morgan fingerprint density at radius 2 is 1.71 bits per heavy atom. The van der Waals surface area contributed by atoms with Gasteiger partial charge in [-0.15, -0.1) is 0 Å². The van der Waals surface area contributed by atoms with Gasteiger partial charge in [0.2, 0.25) is 0 Å². The molecular weight excluding hydrogens is 304 g/mol. The van der Waals surface area contributed by atoms with Crippen LogP contribution < -0.4 is 0 Å². The first-order valence-corrected chi connectivity index (χ1v) is 8.52. The van der Waals surface area contributed by atoms with Crippen molar-refractivity contribution in [3.05, 3.63) is 69.7 Å². The fourth-order valence-corrected chi connectivity index (χ4v) is 3.21. The third-order valence-corrected chi connectivity index (χ3v) is 4.85. The summed E-state index contributed by atoms with van der Waals surface area (Å²) in [7, 11) is -1.21. The van der Waals surface area contributed by atoms with Gasteiger partial charge in [-0.2, -0.15) is 0 Å². The lowest BCUT2D eigenvalue weighted by atomic mass is 10.0. The predicted molar refractivity (Wildman–Crippen MR) is 88.4 cm³/mol. The molecule has 4 heteroatoms. The van der Waals surface area contributed by atoms with Crippen molar-refractivity contribution >= 4 is 28.2 Å². The molecule has 0 aliphatic carbocycles. The average Bonchev–Trinajstić information content (AvgIpc) is 2.44. The van der Waals surface area contributed by atoms with E-state index in [1.54, 1.807) is 18.2 Å². The molecule has 21 heavy (non-hydrogen) atoms. The van der Waals surface area contributed by atoms with Crippen molar-refractivity contribution in [1.29, 1.82) is 0 Å². The first-order valence-electron chi connectivity index (χ1n) is 6.65. The SMILES string of the molecule is Cc1ccc(C(=O)CS(=O)Cc2ccc(Cl)cc2)cc1C. The minimum atomic E-state index is -1.21. The Bertz CT molecular complexity index is 678. The van der Waals surface area contributed by atoms with Gasteiger partial charge in [0, 0.05) is 27.1 Å². The largest absolute Gasteiger partial charge is 0.293 e. The molecule has 1 unspecified atom stereocenters. The zero-order valence-electron chi connectivity index (χ0n) is 12.1. The predicted octanol–water partition coefficient (Wildman–Crippen LogP) is 4.09. The van der Waals surface area contributed by atoms with Crippen LogP contribution in [0.15, 0.2) is 42.5 Å². The summed E-state index contributed by atoms with van der Waals surface area (Å²) < 4.78 is 12.1. The van der Waals surface area contributed by atoms with Crippen LogP contribution in [0.1, 0.15) is 27.0 Å². The highest BCUT2D eigenvalue weighted by Gasteiger charge is 2.12. The first-order chi connectivity index (χ1) is 9.95. The molecule has 0 heterocycles. The first kappa shape index (κ1) is 15.9. The molecule has 0 aliphatic rings. The van der Waals surface area contributed by atoms with E-state index in [4.69, 9.17) is 11.6 Å². The van der Waals surface area contributed by atoms with Crippen LogP contribution in [0.25, 0.3) is 0 Å². The number of hydrogen-bond acceptors (Lipinski definition) is 2. The quantitative estimate of drug-likeness (QED) is 0.778. The molecule has 0 radical (unpaired) electrons. The van der Waals surface area contributed by atoms with E-state index in [1.807, 2.05) is 38.1 Å². The zero-order chi connectivity index (χ0) is 15.4. The lowest BCUT2D eigenvalue weighted by Gasteiger charge is -2.05. The van der Waals surface area contributed by atoms with E-state index in [0.717, 1.165) is 16.7 Å². The van der Waals surface area contributed by atoms with E-state index in [2.05, 4.69) is 0 Å². The van der Waals surface area contributed by atoms with Gasteiger partial charge in [-0.3, -0.25) is 9.00 Å². The summed E-state index contributed by atoms with van der Waals surface area (Å²) >= 11 is 5.81. The van der Waals surface area contributed by atoms with E-state index in [0.29, 0.717) is 16.3 Å². The molecule has 0 fully saturated rings. The average molecular weight is 321 g/mol. The van der Waals surface area contributed by atoms with Crippen molar-refractivity contribution in [3.8, 4) is 0 Å². The van der Waals surface area contributed by atoms with Crippen LogP contribution in [0.2, 0.25) is 5.02 Å². The topological polar surface area (TPSA) is 34.1 Å². The van der Waals surface area contributed by atoms with Gasteiger partial charge in [-0.25, -0.2) is 0 Å². The number of Topliss-reactive ketones (excluding diaryl/α,β-unsaturated/α-hetero) is 1. The molecule has 0 bridgehead atoms. The lowest BCUT2D eigenvalue weighted by molar-refractivity contribution is 0.102. The monoisotopic (exact) mass is 320 g/mol. The van der Waals surface area contributed by atoms with E-state index >= 15 is 0 Å². The molecule has 110 valence electrons. The number of carbonyl (C=O) groups excluding carboxylic acids is 1. The molecule has 0 spiro atoms. The van der Waals surface area contributed by atoms with Crippen molar-refractivity contribution in [2.75, 3.05) is 5.75 Å². The summed E-state index contributed by atoms with van der Waals surface area (Å²) in [5, 5.41) is 0.649. The van der Waals surface area contributed by atoms with Gasteiger partial charge in [-0.1, -0.05) is 35.9 Å². The molecule has 0 amide bonds. The highest BCUT2D eigenvalue weighted by atomic mass is 35.5. The van der Waals surface area contributed by atoms with Crippen molar-refractivity contribution in [2.45, 2.75) is 19.6 Å². The van der Waals surface area contributed by atoms with Crippen LogP contribution >= 0.6 is 11.6 Å². The van der Waals surface area contributed by atoms with Crippen molar-refractivity contribution in [1.82, 2.24) is 0 Å². The molecule has 2 aromatic rings. The number of carbonyl (C=O) groups is 1. The second-order valence-electron chi connectivity index (χ2n) is 5.08. The fourth-order valence-electron chi connectivity index (χ4n) is 1.96. The van der Waals surface area contributed by atoms with Gasteiger partial charge in [0.25, 0.3) is 0 Å². The van der Waals surface area contributed by atoms with Gasteiger partial charge in [0.05, 0.1) is 5.75 Å². The summed E-state index contributed by atoms with van der Waals surface area (Å²) in [5.41, 5.74) is 3.77. The number of benzene rings is 2. The lowest BCUT2D eigenvalue weighted by Crippen LogP contribution is -2.12. The molecule has 2 aromatic carbocycles. The molecule has 1 atom stereocenters. The molecule has 0 N–H and O–H groups in total. The van der Waals surface area contributed by atoms with E-state index in [-0.39, 0.29) is 11.5 Å². The van der Waals surface area contributed by atoms with Gasteiger partial charge in [0.1, 0.15) is 0 Å². The Morgan fingerprint density at radius 3 is 2.33 bits per heavy atom. The summed E-state index contributed by atoms with van der Waals surface area (Å²) in [6.45, 7) is 3.97. The van der Waals surface area contributed by atoms with Gasteiger partial charge < -0.3 is 0 Å². The summed E-state index contributed by atoms with van der Waals surface area (Å²) in [5.74, 6) is 0.337. The highest BCUT2D eigenvalue weighted by Crippen LogP contribution is 2.13. The molecule has 2 nitrogen and oxygen atoms in total.